The van der Waals surface area contributed by atoms with Crippen LogP contribution in [0.3, 0.4) is 0 Å². The minimum Gasteiger partial charge on any atom is -0.295 e. The van der Waals surface area contributed by atoms with Gasteiger partial charge in [-0.25, -0.2) is 4.68 Å². The first kappa shape index (κ1) is 20.2. The largest absolute Gasteiger partial charge is 0.295 e. The smallest absolute Gasteiger partial charge is 0.280 e. The van der Waals surface area contributed by atoms with Crippen LogP contribution in [-0.4, -0.2) is 27.6 Å². The minimum absolute atomic E-state index is 0.0941. The number of carbonyl (C=O) groups excluding carboxylic acids is 2. The molecule has 2 aromatic carbocycles. The molecular formula is C25H18ClN3O3. The van der Waals surface area contributed by atoms with E-state index in [0.29, 0.717) is 38.8 Å². The Morgan fingerprint density at radius 2 is 1.72 bits per heavy atom. The number of nitrogens with one attached hydrogen (secondary N) is 1. The monoisotopic (exact) mass is 443 g/mol. The Hall–Kier alpha value is -3.77. The number of benzene rings is 2. The maximum absolute atomic E-state index is 13.2. The summed E-state index contributed by atoms with van der Waals surface area (Å²) in [5.41, 5.74) is 2.33. The molecule has 0 unspecified atom stereocenters. The van der Waals surface area contributed by atoms with Crippen molar-refractivity contribution in [3.8, 4) is 5.69 Å². The number of hydrogen-bond donors (Lipinski definition) is 1. The zero-order valence-corrected chi connectivity index (χ0v) is 17.8. The number of hydrogen-bond acceptors (Lipinski definition) is 4. The summed E-state index contributed by atoms with van der Waals surface area (Å²) in [6.07, 6.45) is 8.54. The number of halogens is 1. The molecule has 2 aliphatic carbocycles. The van der Waals surface area contributed by atoms with E-state index in [-0.39, 0.29) is 17.1 Å². The second-order valence-corrected chi connectivity index (χ2v) is 8.22. The van der Waals surface area contributed by atoms with E-state index in [1.54, 1.807) is 73.7 Å². The van der Waals surface area contributed by atoms with Gasteiger partial charge in [-0.05, 0) is 31.2 Å². The highest BCUT2D eigenvalue weighted by atomic mass is 35.5. The minimum atomic E-state index is -0.523. The van der Waals surface area contributed by atoms with Crippen molar-refractivity contribution in [1.29, 1.82) is 0 Å². The molecule has 0 saturated carbocycles. The van der Waals surface area contributed by atoms with E-state index in [2.05, 4.69) is 10.1 Å². The quantitative estimate of drug-likeness (QED) is 0.599. The molecular weight excluding hydrogens is 426 g/mol. The van der Waals surface area contributed by atoms with Gasteiger partial charge in [-0.1, -0.05) is 54.1 Å². The Morgan fingerprint density at radius 1 is 1.00 bits per heavy atom. The fourth-order valence-corrected chi connectivity index (χ4v) is 4.39. The zero-order chi connectivity index (χ0) is 22.4. The molecule has 32 heavy (non-hydrogen) atoms. The molecule has 1 N–H and O–H groups in total. The van der Waals surface area contributed by atoms with Gasteiger partial charge in [0.05, 0.1) is 34.3 Å². The van der Waals surface area contributed by atoms with E-state index in [0.717, 1.165) is 0 Å². The Balaban J connectivity index is 1.56. The number of aliphatic imine (C=N–C) groups is 1. The number of nitrogens with zero attached hydrogens (tertiary/aromatic N) is 2. The standard InChI is InChI=1S/C25H18ClN3O3/c1-14-20(25(32)29(28-14)16-7-4-6-15(26)12-16)13-27-21-11-5-10-19-22(21)24(31)18-9-3-2-8-17(18)23(19)30/h2-13,17-18,28H,1H3/t17-,18+/m0/s1. The number of aromatic amines is 1. The number of allylic oxidation sites excluding steroid dienone is 4. The summed E-state index contributed by atoms with van der Waals surface area (Å²) in [6.45, 7) is 1.77. The van der Waals surface area contributed by atoms with Crippen LogP contribution in [0, 0.1) is 18.8 Å². The van der Waals surface area contributed by atoms with E-state index in [4.69, 9.17) is 11.6 Å². The van der Waals surface area contributed by atoms with Crippen molar-refractivity contribution in [3.05, 3.63) is 105 Å². The van der Waals surface area contributed by atoms with Crippen molar-refractivity contribution in [1.82, 2.24) is 9.78 Å². The molecule has 6 nitrogen and oxygen atoms in total. The molecule has 0 aliphatic heterocycles. The summed E-state index contributed by atoms with van der Waals surface area (Å²) in [7, 11) is 0. The fourth-order valence-electron chi connectivity index (χ4n) is 4.21. The highest BCUT2D eigenvalue weighted by Gasteiger charge is 2.40. The van der Waals surface area contributed by atoms with Crippen LogP contribution < -0.4 is 5.56 Å². The first-order valence-corrected chi connectivity index (χ1v) is 10.5. The maximum atomic E-state index is 13.2. The average molecular weight is 444 g/mol. The van der Waals surface area contributed by atoms with Gasteiger partial charge in [0.1, 0.15) is 0 Å². The predicted octanol–water partition coefficient (Wildman–Crippen LogP) is 4.62. The summed E-state index contributed by atoms with van der Waals surface area (Å²) in [6, 6.07) is 12.0. The van der Waals surface area contributed by atoms with Gasteiger partial charge in [0.15, 0.2) is 11.6 Å². The molecule has 1 heterocycles. The van der Waals surface area contributed by atoms with E-state index >= 15 is 0 Å². The highest BCUT2D eigenvalue weighted by Crippen LogP contribution is 2.38. The van der Waals surface area contributed by atoms with Crippen LogP contribution in [0.1, 0.15) is 32.0 Å². The fraction of sp³-hybridized carbons (Fsp3) is 0.120. The summed E-state index contributed by atoms with van der Waals surface area (Å²) < 4.78 is 1.39. The lowest BCUT2D eigenvalue weighted by Crippen LogP contribution is -2.35. The van der Waals surface area contributed by atoms with Crippen LogP contribution >= 0.6 is 11.6 Å². The molecule has 0 saturated heterocycles. The summed E-state index contributed by atoms with van der Waals surface area (Å²) in [5, 5.41) is 3.54. The van der Waals surface area contributed by atoms with E-state index in [1.807, 2.05) is 0 Å². The van der Waals surface area contributed by atoms with Crippen molar-refractivity contribution in [3.63, 3.8) is 0 Å². The molecule has 0 fully saturated rings. The maximum Gasteiger partial charge on any atom is 0.280 e. The van der Waals surface area contributed by atoms with Gasteiger partial charge in [0.2, 0.25) is 0 Å². The Bertz CT molecular complexity index is 1420. The number of rotatable bonds is 3. The SMILES string of the molecule is Cc1[nH]n(-c2cccc(Cl)c2)c(=O)c1C=Nc1cccc2c1C(=O)[C@@H]1C=CC=C[C@@H]1C2=O. The van der Waals surface area contributed by atoms with Crippen molar-refractivity contribution >= 4 is 35.1 Å². The third-order valence-electron chi connectivity index (χ3n) is 5.81. The molecule has 0 bridgehead atoms. The molecule has 158 valence electrons. The molecule has 3 aromatic rings. The van der Waals surface area contributed by atoms with Crippen LogP contribution in [-0.2, 0) is 0 Å². The van der Waals surface area contributed by atoms with Crippen molar-refractivity contribution in [2.45, 2.75) is 6.92 Å². The number of Topliss-reactive ketones (excluding diaryl/α,β-unsaturated/α-hetero) is 2. The van der Waals surface area contributed by atoms with Gasteiger partial charge in [-0.3, -0.25) is 24.5 Å². The van der Waals surface area contributed by atoms with Gasteiger partial charge in [-0.2, -0.15) is 0 Å². The van der Waals surface area contributed by atoms with E-state index < -0.39 is 11.8 Å². The van der Waals surface area contributed by atoms with Crippen LogP contribution in [0.25, 0.3) is 5.69 Å². The highest BCUT2D eigenvalue weighted by molar-refractivity contribution is 6.30. The van der Waals surface area contributed by atoms with Gasteiger partial charge in [0.25, 0.3) is 5.56 Å². The second-order valence-electron chi connectivity index (χ2n) is 7.78. The van der Waals surface area contributed by atoms with Crippen LogP contribution in [0.5, 0.6) is 0 Å². The molecule has 2 aliphatic rings. The molecule has 0 spiro atoms. The van der Waals surface area contributed by atoms with E-state index in [9.17, 15) is 14.4 Å². The van der Waals surface area contributed by atoms with Crippen LogP contribution in [0.4, 0.5) is 5.69 Å². The average Bonchev–Trinajstić information content (AvgIpc) is 3.09. The third kappa shape index (κ3) is 3.20. The lowest BCUT2D eigenvalue weighted by molar-refractivity contribution is 0.0802. The second kappa shape index (κ2) is 7.73. The Kier molecular flexibility index (Phi) is 4.87. The normalized spacial score (nSPS) is 19.4. The number of H-pyrrole nitrogens is 1. The molecule has 0 amide bonds. The first-order valence-electron chi connectivity index (χ1n) is 10.1. The molecule has 0 radical (unpaired) electrons. The van der Waals surface area contributed by atoms with Gasteiger partial charge in [-0.15, -0.1) is 0 Å². The lowest BCUT2D eigenvalue weighted by atomic mass is 9.72. The Labute approximate surface area is 188 Å². The van der Waals surface area contributed by atoms with Crippen molar-refractivity contribution < 1.29 is 9.59 Å². The third-order valence-corrected chi connectivity index (χ3v) is 6.05. The van der Waals surface area contributed by atoms with Crippen molar-refractivity contribution in [2.75, 3.05) is 0 Å². The molecule has 5 rings (SSSR count). The van der Waals surface area contributed by atoms with E-state index in [1.165, 1.54) is 10.9 Å². The lowest BCUT2D eigenvalue weighted by Gasteiger charge is -2.28. The van der Waals surface area contributed by atoms with Crippen LogP contribution in [0.2, 0.25) is 5.02 Å². The molecule has 7 heteroatoms. The number of fused-ring (bicyclic) bond motifs is 2. The summed E-state index contributed by atoms with van der Waals surface area (Å²) >= 11 is 6.05. The topological polar surface area (TPSA) is 84.3 Å². The molecule has 1 aromatic heterocycles. The van der Waals surface area contributed by atoms with Gasteiger partial charge < -0.3 is 0 Å². The predicted molar refractivity (Wildman–Crippen MR) is 124 cm³/mol. The number of aromatic nitrogens is 2. The number of aryl methyl sites for hydroxylation is 1. The Morgan fingerprint density at radius 3 is 2.47 bits per heavy atom. The zero-order valence-electron chi connectivity index (χ0n) is 17.1. The van der Waals surface area contributed by atoms with Gasteiger partial charge in [0, 0.05) is 22.5 Å². The summed E-state index contributed by atoms with van der Waals surface area (Å²) in [4.78, 5) is 43.6. The van der Waals surface area contributed by atoms with Gasteiger partial charge >= 0.3 is 0 Å². The molecule has 2 atom stereocenters. The number of carbonyl (C=O) groups is 2. The first-order chi connectivity index (χ1) is 15.5. The van der Waals surface area contributed by atoms with Crippen LogP contribution in [0.15, 0.2) is 76.6 Å². The number of ketones is 2. The van der Waals surface area contributed by atoms with Crippen molar-refractivity contribution in [2.24, 2.45) is 16.8 Å². The summed E-state index contributed by atoms with van der Waals surface area (Å²) in [5.74, 6) is -1.23.